The molecule has 94 valence electrons. The van der Waals surface area contributed by atoms with Gasteiger partial charge in [0.05, 0.1) is 5.75 Å². The Balaban J connectivity index is 2.03. The smallest absolute Gasteiger partial charge is 0.313 e. The van der Waals surface area contributed by atoms with Gasteiger partial charge >= 0.3 is 5.97 Å². The lowest BCUT2D eigenvalue weighted by Crippen LogP contribution is -2.17. The highest BCUT2D eigenvalue weighted by Gasteiger charge is 2.21. The van der Waals surface area contributed by atoms with Gasteiger partial charge in [-0.2, -0.15) is 0 Å². The van der Waals surface area contributed by atoms with Gasteiger partial charge in [-0.05, 0) is 12.8 Å². The van der Waals surface area contributed by atoms with Crippen molar-refractivity contribution in [3.8, 4) is 0 Å². The Morgan fingerprint density at radius 2 is 2.29 bits per heavy atom. The molecule has 0 spiro atoms. The summed E-state index contributed by atoms with van der Waals surface area (Å²) in [4.78, 5) is 10.5. The molecule has 2 rings (SSSR count). The highest BCUT2D eigenvalue weighted by molar-refractivity contribution is 7.99. The SMILES string of the molecule is CCn1c(CC2CCC2)nnc1SCC(=O)O. The summed E-state index contributed by atoms with van der Waals surface area (Å²) in [5.74, 6) is 0.981. The van der Waals surface area contributed by atoms with Crippen LogP contribution in [0.25, 0.3) is 0 Å². The molecule has 6 heteroatoms. The number of hydrogen-bond donors (Lipinski definition) is 1. The van der Waals surface area contributed by atoms with E-state index in [1.165, 1.54) is 31.0 Å². The molecule has 0 radical (unpaired) electrons. The normalized spacial score (nSPS) is 15.8. The van der Waals surface area contributed by atoms with E-state index in [0.29, 0.717) is 0 Å². The number of carboxylic acids is 1. The zero-order valence-electron chi connectivity index (χ0n) is 9.93. The average molecular weight is 255 g/mol. The molecule has 5 nitrogen and oxygen atoms in total. The predicted molar refractivity (Wildman–Crippen MR) is 65.1 cm³/mol. The topological polar surface area (TPSA) is 68.0 Å². The van der Waals surface area contributed by atoms with E-state index < -0.39 is 5.97 Å². The van der Waals surface area contributed by atoms with Gasteiger partial charge in [0.15, 0.2) is 5.16 Å². The second-order valence-corrected chi connectivity index (χ2v) is 5.27. The zero-order chi connectivity index (χ0) is 12.3. The highest BCUT2D eigenvalue weighted by Crippen LogP contribution is 2.30. The minimum Gasteiger partial charge on any atom is -0.481 e. The molecule has 17 heavy (non-hydrogen) atoms. The third-order valence-electron chi connectivity index (χ3n) is 3.13. The van der Waals surface area contributed by atoms with Crippen LogP contribution in [0.4, 0.5) is 0 Å². The van der Waals surface area contributed by atoms with Crippen LogP contribution in [0.15, 0.2) is 5.16 Å². The Labute approximate surface area is 105 Å². The molecule has 1 aromatic heterocycles. The zero-order valence-corrected chi connectivity index (χ0v) is 10.7. The van der Waals surface area contributed by atoms with Crippen molar-refractivity contribution in [1.29, 1.82) is 0 Å². The summed E-state index contributed by atoms with van der Waals surface area (Å²) in [6, 6.07) is 0. The Kier molecular flexibility index (Phi) is 4.04. The first kappa shape index (κ1) is 12.4. The maximum atomic E-state index is 10.5. The van der Waals surface area contributed by atoms with Crippen molar-refractivity contribution in [3.63, 3.8) is 0 Å². The first-order chi connectivity index (χ1) is 8.20. The van der Waals surface area contributed by atoms with E-state index in [1.54, 1.807) is 0 Å². The molecule has 1 heterocycles. The van der Waals surface area contributed by atoms with E-state index in [4.69, 9.17) is 5.11 Å². The lowest BCUT2D eigenvalue weighted by Gasteiger charge is -2.24. The number of carboxylic acid groups (broad SMARTS) is 1. The number of rotatable bonds is 6. The van der Waals surface area contributed by atoms with Gasteiger partial charge in [0.25, 0.3) is 0 Å². The Bertz CT molecular complexity index is 401. The second-order valence-electron chi connectivity index (χ2n) is 4.33. The second kappa shape index (κ2) is 5.53. The molecular formula is C11H17N3O2S. The van der Waals surface area contributed by atoms with E-state index in [0.717, 1.165) is 29.9 Å². The molecule has 1 aliphatic carbocycles. The third kappa shape index (κ3) is 3.00. The highest BCUT2D eigenvalue weighted by atomic mass is 32.2. The van der Waals surface area contributed by atoms with Gasteiger partial charge in [-0.15, -0.1) is 10.2 Å². The number of aliphatic carboxylic acids is 1. The van der Waals surface area contributed by atoms with Crippen LogP contribution in [-0.2, 0) is 17.8 Å². The molecular weight excluding hydrogens is 238 g/mol. The Hall–Kier alpha value is -1.04. The molecule has 0 atom stereocenters. The van der Waals surface area contributed by atoms with Crippen molar-refractivity contribution >= 4 is 17.7 Å². The van der Waals surface area contributed by atoms with E-state index in [2.05, 4.69) is 10.2 Å². The lowest BCUT2D eigenvalue weighted by molar-refractivity contribution is -0.133. The van der Waals surface area contributed by atoms with Crippen molar-refractivity contribution in [3.05, 3.63) is 5.82 Å². The van der Waals surface area contributed by atoms with Gasteiger partial charge in [0.1, 0.15) is 5.82 Å². The molecule has 1 N–H and O–H groups in total. The minimum absolute atomic E-state index is 0.0432. The van der Waals surface area contributed by atoms with Crippen LogP contribution in [0, 0.1) is 5.92 Å². The summed E-state index contributed by atoms with van der Waals surface area (Å²) >= 11 is 1.24. The van der Waals surface area contributed by atoms with E-state index >= 15 is 0 Å². The van der Waals surface area contributed by atoms with Crippen molar-refractivity contribution in [2.45, 2.75) is 44.3 Å². The van der Waals surface area contributed by atoms with Crippen LogP contribution in [-0.4, -0.2) is 31.6 Å². The molecule has 1 fully saturated rings. The standard InChI is InChI=1S/C11H17N3O2S/c1-2-14-9(6-8-4-3-5-8)12-13-11(14)17-7-10(15)16/h8H,2-7H2,1H3,(H,15,16). The molecule has 1 saturated carbocycles. The molecule has 0 bridgehead atoms. The summed E-state index contributed by atoms with van der Waals surface area (Å²) in [5.41, 5.74) is 0. The maximum Gasteiger partial charge on any atom is 0.313 e. The van der Waals surface area contributed by atoms with Gasteiger partial charge in [0.2, 0.25) is 0 Å². The van der Waals surface area contributed by atoms with Gasteiger partial charge in [0, 0.05) is 13.0 Å². The fraction of sp³-hybridized carbons (Fsp3) is 0.727. The van der Waals surface area contributed by atoms with E-state index in [-0.39, 0.29) is 5.75 Å². The first-order valence-electron chi connectivity index (χ1n) is 5.97. The fourth-order valence-corrected chi connectivity index (χ4v) is 2.72. The largest absolute Gasteiger partial charge is 0.481 e. The van der Waals surface area contributed by atoms with Gasteiger partial charge < -0.3 is 9.67 Å². The summed E-state index contributed by atoms with van der Waals surface area (Å²) in [6.45, 7) is 2.84. The lowest BCUT2D eigenvalue weighted by atomic mass is 9.83. The van der Waals surface area contributed by atoms with Crippen LogP contribution >= 0.6 is 11.8 Å². The van der Waals surface area contributed by atoms with E-state index in [9.17, 15) is 4.79 Å². The summed E-state index contributed by atoms with van der Waals surface area (Å²) in [7, 11) is 0. The summed E-state index contributed by atoms with van der Waals surface area (Å²) in [5, 5.41) is 17.7. The average Bonchev–Trinajstić information content (AvgIpc) is 2.62. The van der Waals surface area contributed by atoms with Gasteiger partial charge in [-0.3, -0.25) is 4.79 Å². The molecule has 1 aromatic rings. The van der Waals surface area contributed by atoms with Crippen molar-refractivity contribution in [2.24, 2.45) is 5.92 Å². The van der Waals surface area contributed by atoms with Crippen molar-refractivity contribution in [2.75, 3.05) is 5.75 Å². The molecule has 0 unspecified atom stereocenters. The molecule has 1 aliphatic rings. The first-order valence-corrected chi connectivity index (χ1v) is 6.96. The van der Waals surface area contributed by atoms with Gasteiger partial charge in [-0.1, -0.05) is 31.0 Å². The Morgan fingerprint density at radius 3 is 2.82 bits per heavy atom. The third-order valence-corrected chi connectivity index (χ3v) is 4.08. The summed E-state index contributed by atoms with van der Waals surface area (Å²) < 4.78 is 2.03. The van der Waals surface area contributed by atoms with Crippen LogP contribution in [0.2, 0.25) is 0 Å². The monoisotopic (exact) mass is 255 g/mol. The quantitative estimate of drug-likeness (QED) is 0.785. The minimum atomic E-state index is -0.818. The van der Waals surface area contributed by atoms with Crippen LogP contribution < -0.4 is 0 Å². The predicted octanol–water partition coefficient (Wildman–Crippen LogP) is 1.82. The fourth-order valence-electron chi connectivity index (χ4n) is 1.98. The number of hydrogen-bond acceptors (Lipinski definition) is 4. The van der Waals surface area contributed by atoms with Crippen LogP contribution in [0.3, 0.4) is 0 Å². The maximum absolute atomic E-state index is 10.5. The number of aromatic nitrogens is 3. The van der Waals surface area contributed by atoms with E-state index in [1.807, 2.05) is 11.5 Å². The number of thioether (sulfide) groups is 1. The Morgan fingerprint density at radius 1 is 1.53 bits per heavy atom. The number of carbonyl (C=O) groups is 1. The van der Waals surface area contributed by atoms with Crippen molar-refractivity contribution < 1.29 is 9.90 Å². The van der Waals surface area contributed by atoms with Crippen molar-refractivity contribution in [1.82, 2.24) is 14.8 Å². The molecule has 0 amide bonds. The molecule has 0 saturated heterocycles. The number of nitrogens with zero attached hydrogens (tertiary/aromatic N) is 3. The molecule has 0 aliphatic heterocycles. The van der Waals surface area contributed by atoms with Crippen LogP contribution in [0.5, 0.6) is 0 Å². The molecule has 0 aromatic carbocycles. The van der Waals surface area contributed by atoms with Crippen LogP contribution in [0.1, 0.15) is 32.0 Å². The van der Waals surface area contributed by atoms with Gasteiger partial charge in [-0.25, -0.2) is 0 Å². The summed E-state index contributed by atoms with van der Waals surface area (Å²) in [6.07, 6.45) is 4.88.